The van der Waals surface area contributed by atoms with Gasteiger partial charge in [-0.3, -0.25) is 0 Å². The summed E-state index contributed by atoms with van der Waals surface area (Å²) < 4.78 is 5.96. The molecule has 0 atom stereocenters. The van der Waals surface area contributed by atoms with Crippen molar-refractivity contribution >= 4 is 34.2 Å². The number of rotatable bonds is 3. The van der Waals surface area contributed by atoms with Gasteiger partial charge in [0, 0.05) is 10.9 Å². The van der Waals surface area contributed by atoms with Gasteiger partial charge in [0.05, 0.1) is 16.6 Å². The molecule has 0 aliphatic rings. The van der Waals surface area contributed by atoms with Crippen molar-refractivity contribution < 1.29 is 4.42 Å². The first-order valence-electron chi connectivity index (χ1n) is 6.46. The normalized spacial score (nSPS) is 12.3. The molecule has 0 amide bonds. The molecule has 1 aromatic carbocycles. The van der Waals surface area contributed by atoms with Gasteiger partial charge < -0.3 is 9.73 Å². The van der Waals surface area contributed by atoms with Gasteiger partial charge in [-0.05, 0) is 24.1 Å². The highest BCUT2D eigenvalue weighted by Gasteiger charge is 2.27. The van der Waals surface area contributed by atoms with E-state index in [2.05, 4.69) is 33.0 Å². The minimum atomic E-state index is -0.0513. The van der Waals surface area contributed by atoms with E-state index in [1.54, 1.807) is 6.07 Å². The molecule has 0 saturated heterocycles. The fourth-order valence-corrected chi connectivity index (χ4v) is 2.78. The predicted molar refractivity (Wildman–Crippen MR) is 82.3 cm³/mol. The van der Waals surface area contributed by atoms with Gasteiger partial charge in [0.15, 0.2) is 5.58 Å². The number of furan rings is 1. The van der Waals surface area contributed by atoms with Crippen LogP contribution in [0.3, 0.4) is 0 Å². The molecule has 0 radical (unpaired) electrons. The van der Waals surface area contributed by atoms with Crippen LogP contribution in [0.1, 0.15) is 39.0 Å². The molecular formula is C15H19Cl2NO. The third-order valence-corrected chi connectivity index (χ3v) is 3.71. The van der Waals surface area contributed by atoms with Crippen molar-refractivity contribution in [1.82, 2.24) is 5.32 Å². The lowest BCUT2D eigenvalue weighted by atomic mass is 9.84. The van der Waals surface area contributed by atoms with Crippen LogP contribution in [0.25, 0.3) is 11.0 Å². The van der Waals surface area contributed by atoms with Gasteiger partial charge in [-0.1, -0.05) is 50.9 Å². The second-order valence-electron chi connectivity index (χ2n) is 5.66. The molecule has 0 aliphatic carbocycles. The summed E-state index contributed by atoms with van der Waals surface area (Å²) in [5.41, 5.74) is 1.77. The van der Waals surface area contributed by atoms with E-state index in [1.807, 2.05) is 6.07 Å². The van der Waals surface area contributed by atoms with Gasteiger partial charge in [0.25, 0.3) is 0 Å². The van der Waals surface area contributed by atoms with E-state index in [-0.39, 0.29) is 5.41 Å². The monoisotopic (exact) mass is 299 g/mol. The number of hydrogen-bond donors (Lipinski definition) is 1. The Labute approximate surface area is 124 Å². The van der Waals surface area contributed by atoms with E-state index in [9.17, 15) is 0 Å². The van der Waals surface area contributed by atoms with Gasteiger partial charge in [-0.25, -0.2) is 0 Å². The Bertz CT molecular complexity index is 596. The Hall–Kier alpha value is -0.700. The molecule has 0 saturated carbocycles. The fraction of sp³-hybridized carbons (Fsp3) is 0.467. The lowest BCUT2D eigenvalue weighted by molar-refractivity contribution is 0.487. The fourth-order valence-electron chi connectivity index (χ4n) is 2.34. The zero-order chi connectivity index (χ0) is 14.2. The number of fused-ring (bicyclic) bond motifs is 1. The Balaban J connectivity index is 2.74. The van der Waals surface area contributed by atoms with Crippen molar-refractivity contribution in [3.05, 3.63) is 33.5 Å². The first kappa shape index (κ1) is 14.7. The third kappa shape index (κ3) is 2.76. The van der Waals surface area contributed by atoms with Crippen LogP contribution in [-0.4, -0.2) is 6.54 Å². The maximum atomic E-state index is 6.35. The molecule has 0 fully saturated rings. The molecular weight excluding hydrogens is 281 g/mol. The Morgan fingerprint density at radius 3 is 2.37 bits per heavy atom. The summed E-state index contributed by atoms with van der Waals surface area (Å²) in [5, 5.41) is 5.53. The van der Waals surface area contributed by atoms with Gasteiger partial charge in [-0.15, -0.1) is 0 Å². The Morgan fingerprint density at radius 2 is 1.79 bits per heavy atom. The quantitative estimate of drug-likeness (QED) is 0.848. The van der Waals surface area contributed by atoms with Gasteiger partial charge >= 0.3 is 0 Å². The zero-order valence-electron chi connectivity index (χ0n) is 11.7. The SMILES string of the molecule is CCNCc1oc2c(Cl)ccc(Cl)c2c1C(C)(C)C. The van der Waals surface area contributed by atoms with Gasteiger partial charge in [-0.2, -0.15) is 0 Å². The Kier molecular flexibility index (Phi) is 4.14. The van der Waals surface area contributed by atoms with Crippen LogP contribution >= 0.6 is 23.2 Å². The average Bonchev–Trinajstić information content (AvgIpc) is 2.71. The van der Waals surface area contributed by atoms with Crippen molar-refractivity contribution in [1.29, 1.82) is 0 Å². The minimum absolute atomic E-state index is 0.0513. The number of hydrogen-bond acceptors (Lipinski definition) is 2. The van der Waals surface area contributed by atoms with Crippen LogP contribution in [0.4, 0.5) is 0 Å². The van der Waals surface area contributed by atoms with Crippen molar-refractivity contribution in [2.75, 3.05) is 6.54 Å². The lowest BCUT2D eigenvalue weighted by Crippen LogP contribution is -2.18. The molecule has 4 heteroatoms. The molecule has 2 aromatic rings. The van der Waals surface area contributed by atoms with Crippen molar-refractivity contribution in [3.63, 3.8) is 0 Å². The summed E-state index contributed by atoms with van der Waals surface area (Å²) in [6.45, 7) is 10.1. The third-order valence-electron chi connectivity index (χ3n) is 3.10. The number of benzene rings is 1. The topological polar surface area (TPSA) is 25.2 Å². The minimum Gasteiger partial charge on any atom is -0.458 e. The van der Waals surface area contributed by atoms with Crippen LogP contribution in [0, 0.1) is 0 Å². The largest absolute Gasteiger partial charge is 0.458 e. The number of halogens is 2. The summed E-state index contributed by atoms with van der Waals surface area (Å²) in [4.78, 5) is 0. The number of nitrogens with one attached hydrogen (secondary N) is 1. The predicted octanol–water partition coefficient (Wildman–Crippen LogP) is 5.15. The molecule has 0 bridgehead atoms. The van der Waals surface area contributed by atoms with E-state index in [0.29, 0.717) is 22.2 Å². The first-order valence-corrected chi connectivity index (χ1v) is 7.22. The summed E-state index contributed by atoms with van der Waals surface area (Å²) in [5.74, 6) is 0.916. The van der Waals surface area contributed by atoms with Crippen LogP contribution < -0.4 is 5.32 Å². The average molecular weight is 300 g/mol. The maximum Gasteiger partial charge on any atom is 0.154 e. The summed E-state index contributed by atoms with van der Waals surface area (Å²) >= 11 is 12.6. The molecule has 19 heavy (non-hydrogen) atoms. The van der Waals surface area contributed by atoms with Crippen molar-refractivity contribution in [2.45, 2.75) is 39.7 Å². The van der Waals surface area contributed by atoms with Crippen LogP contribution in [0.15, 0.2) is 16.5 Å². The first-order chi connectivity index (χ1) is 8.86. The van der Waals surface area contributed by atoms with Crippen LogP contribution in [0.2, 0.25) is 10.0 Å². The van der Waals surface area contributed by atoms with Gasteiger partial charge in [0.1, 0.15) is 5.76 Å². The summed E-state index contributed by atoms with van der Waals surface area (Å²) in [6, 6.07) is 3.60. The molecule has 2 rings (SSSR count). The van der Waals surface area contributed by atoms with Crippen molar-refractivity contribution in [2.24, 2.45) is 0 Å². The summed E-state index contributed by atoms with van der Waals surface area (Å²) in [7, 11) is 0. The maximum absolute atomic E-state index is 6.35. The van der Waals surface area contributed by atoms with E-state index in [0.717, 1.165) is 23.3 Å². The highest BCUT2D eigenvalue weighted by atomic mass is 35.5. The van der Waals surface area contributed by atoms with Crippen LogP contribution in [0.5, 0.6) is 0 Å². The smallest absolute Gasteiger partial charge is 0.154 e. The second kappa shape index (κ2) is 5.35. The van der Waals surface area contributed by atoms with Gasteiger partial charge in [0.2, 0.25) is 0 Å². The Morgan fingerprint density at radius 1 is 1.16 bits per heavy atom. The molecule has 1 N–H and O–H groups in total. The van der Waals surface area contributed by atoms with Crippen molar-refractivity contribution in [3.8, 4) is 0 Å². The summed E-state index contributed by atoms with van der Waals surface area (Å²) in [6.07, 6.45) is 0. The second-order valence-corrected chi connectivity index (χ2v) is 6.48. The van der Waals surface area contributed by atoms with Crippen LogP contribution in [-0.2, 0) is 12.0 Å². The standard InChI is InChI=1S/C15H19Cl2NO/c1-5-18-8-11-13(15(2,3)4)12-9(16)6-7-10(17)14(12)19-11/h6-7,18H,5,8H2,1-4H3. The highest BCUT2D eigenvalue weighted by molar-refractivity contribution is 6.40. The highest BCUT2D eigenvalue weighted by Crippen LogP contribution is 2.41. The molecule has 104 valence electrons. The zero-order valence-corrected chi connectivity index (χ0v) is 13.2. The molecule has 0 unspecified atom stereocenters. The molecule has 2 nitrogen and oxygen atoms in total. The lowest BCUT2D eigenvalue weighted by Gasteiger charge is -2.19. The molecule has 1 heterocycles. The molecule has 0 aliphatic heterocycles. The molecule has 1 aromatic heterocycles. The van der Waals surface area contributed by atoms with E-state index in [4.69, 9.17) is 27.6 Å². The van der Waals surface area contributed by atoms with E-state index in [1.165, 1.54) is 0 Å². The van der Waals surface area contributed by atoms with E-state index < -0.39 is 0 Å². The van der Waals surface area contributed by atoms with E-state index >= 15 is 0 Å². The molecule has 0 spiro atoms.